The Morgan fingerprint density at radius 3 is 2.69 bits per heavy atom. The van der Waals surface area contributed by atoms with E-state index < -0.39 is 0 Å². The monoisotopic (exact) mass is 377 g/mol. The van der Waals surface area contributed by atoms with Crippen LogP contribution in [0, 0.1) is 5.92 Å². The number of methoxy groups -OCH3 is 1. The molecule has 26 heavy (non-hydrogen) atoms. The van der Waals surface area contributed by atoms with E-state index in [4.69, 9.17) is 9.53 Å². The molecule has 0 radical (unpaired) electrons. The molecule has 7 nitrogen and oxygen atoms in total. The van der Waals surface area contributed by atoms with Crippen LogP contribution in [-0.2, 0) is 17.8 Å². The summed E-state index contributed by atoms with van der Waals surface area (Å²) in [4.78, 5) is 25.8. The smallest absolute Gasteiger partial charge is 0.182 e. The molecule has 3 heterocycles. The lowest BCUT2D eigenvalue weighted by Crippen LogP contribution is -2.35. The summed E-state index contributed by atoms with van der Waals surface area (Å²) < 4.78 is 5.11. The van der Waals surface area contributed by atoms with Crippen LogP contribution in [0.1, 0.15) is 30.5 Å². The second-order valence-electron chi connectivity index (χ2n) is 6.10. The maximum absolute atomic E-state index is 8.81. The van der Waals surface area contributed by atoms with Crippen molar-refractivity contribution in [2.24, 2.45) is 5.92 Å². The topological polar surface area (TPSA) is 80.2 Å². The van der Waals surface area contributed by atoms with Crippen LogP contribution in [0.2, 0.25) is 0 Å². The molecule has 2 aromatic rings. The predicted octanol–water partition coefficient (Wildman–Crippen LogP) is 2.64. The lowest BCUT2D eigenvalue weighted by atomic mass is 9.94. The zero-order valence-electron chi connectivity index (χ0n) is 15.6. The fraction of sp³-hybridized carbons (Fsp3) is 0.556. The number of anilines is 1. The predicted molar refractivity (Wildman–Crippen MR) is 104 cm³/mol. The van der Waals surface area contributed by atoms with E-state index >= 15 is 0 Å². The minimum absolute atomic E-state index is 0.619. The molecule has 0 spiro atoms. The minimum atomic E-state index is 0.619. The first kappa shape index (κ1) is 20.3. The van der Waals surface area contributed by atoms with Crippen molar-refractivity contribution in [2.75, 3.05) is 32.6 Å². The Labute approximate surface area is 158 Å². The first-order valence-electron chi connectivity index (χ1n) is 8.78. The zero-order chi connectivity index (χ0) is 18.8. The van der Waals surface area contributed by atoms with E-state index in [2.05, 4.69) is 25.2 Å². The Hall–Kier alpha value is -2.06. The number of hydrogen-bond donors (Lipinski definition) is 1. The molecule has 3 rings (SSSR count). The Balaban J connectivity index is 0.000000758. The van der Waals surface area contributed by atoms with Gasteiger partial charge in [-0.05, 0) is 32.2 Å². The number of ether oxygens (including phenoxy) is 1. The summed E-state index contributed by atoms with van der Waals surface area (Å²) in [5.74, 6) is 2.24. The average Bonchev–Trinajstić information content (AvgIpc) is 3.11. The fourth-order valence-corrected chi connectivity index (χ4v) is 3.80. The van der Waals surface area contributed by atoms with Crippen LogP contribution >= 0.6 is 11.3 Å². The molecular formula is C18H27N5O2S. The molecule has 1 unspecified atom stereocenters. The molecule has 0 aliphatic carbocycles. The number of aromatic nitrogens is 3. The Morgan fingerprint density at radius 1 is 1.35 bits per heavy atom. The molecule has 1 saturated heterocycles. The van der Waals surface area contributed by atoms with Gasteiger partial charge in [-0.3, -0.25) is 4.90 Å². The summed E-state index contributed by atoms with van der Waals surface area (Å²) >= 11 is 1.73. The standard InChI is InChI=1S/C16H23N5OS.C2H4O/c1-17-16-20-9-14(23-16)11-21-5-3-4-12(10-21)6-15-18-7-13(22-2)8-19-15;1-2-3/h7-9,12H,3-6,10-11H2,1-2H3,(H,17,20);2H,1H3. The van der Waals surface area contributed by atoms with Crippen LogP contribution in [0.5, 0.6) is 5.75 Å². The minimum Gasteiger partial charge on any atom is -0.494 e. The second kappa shape index (κ2) is 10.8. The molecule has 0 bridgehead atoms. The molecule has 1 N–H and O–H groups in total. The largest absolute Gasteiger partial charge is 0.494 e. The summed E-state index contributed by atoms with van der Waals surface area (Å²) in [5.41, 5.74) is 0. The van der Waals surface area contributed by atoms with Gasteiger partial charge in [0.1, 0.15) is 12.1 Å². The molecule has 1 atom stereocenters. The highest BCUT2D eigenvalue weighted by molar-refractivity contribution is 7.15. The van der Waals surface area contributed by atoms with E-state index in [0.717, 1.165) is 43.3 Å². The number of rotatable bonds is 6. The van der Waals surface area contributed by atoms with Gasteiger partial charge < -0.3 is 14.8 Å². The van der Waals surface area contributed by atoms with E-state index in [1.165, 1.54) is 24.6 Å². The molecule has 1 fully saturated rings. The van der Waals surface area contributed by atoms with E-state index in [-0.39, 0.29) is 0 Å². The zero-order valence-corrected chi connectivity index (χ0v) is 16.5. The van der Waals surface area contributed by atoms with Gasteiger partial charge in [0.2, 0.25) is 0 Å². The first-order valence-corrected chi connectivity index (χ1v) is 9.59. The number of nitrogens with one attached hydrogen (secondary N) is 1. The van der Waals surface area contributed by atoms with Crippen molar-refractivity contribution in [3.8, 4) is 5.75 Å². The normalized spacial score (nSPS) is 17.1. The van der Waals surface area contributed by atoms with Crippen LogP contribution in [-0.4, -0.2) is 53.4 Å². The molecule has 0 aromatic carbocycles. The van der Waals surface area contributed by atoms with Crippen molar-refractivity contribution in [2.45, 2.75) is 32.7 Å². The third-order valence-corrected chi connectivity index (χ3v) is 5.14. The van der Waals surface area contributed by atoms with Gasteiger partial charge in [0.05, 0.1) is 19.5 Å². The van der Waals surface area contributed by atoms with Gasteiger partial charge in [0.25, 0.3) is 0 Å². The van der Waals surface area contributed by atoms with Crippen molar-refractivity contribution in [3.63, 3.8) is 0 Å². The maximum atomic E-state index is 8.81. The van der Waals surface area contributed by atoms with Crippen LogP contribution in [0.25, 0.3) is 0 Å². The van der Waals surface area contributed by atoms with Crippen LogP contribution < -0.4 is 10.1 Å². The molecule has 2 aromatic heterocycles. The van der Waals surface area contributed by atoms with Crippen molar-refractivity contribution in [1.82, 2.24) is 19.9 Å². The number of carbonyl (C=O) groups excluding carboxylic acids is 1. The summed E-state index contributed by atoms with van der Waals surface area (Å²) in [5, 5.41) is 4.08. The number of aldehydes is 1. The van der Waals surface area contributed by atoms with Gasteiger partial charge in [-0.15, -0.1) is 11.3 Å². The summed E-state index contributed by atoms with van der Waals surface area (Å²) in [6.45, 7) is 4.69. The van der Waals surface area contributed by atoms with Gasteiger partial charge in [0, 0.05) is 37.6 Å². The lowest BCUT2D eigenvalue weighted by Gasteiger charge is -2.32. The average molecular weight is 378 g/mol. The van der Waals surface area contributed by atoms with Crippen molar-refractivity contribution < 1.29 is 9.53 Å². The number of hydrogen-bond acceptors (Lipinski definition) is 8. The Kier molecular flexibility index (Phi) is 8.43. The molecule has 8 heteroatoms. The number of thiazole rings is 1. The van der Waals surface area contributed by atoms with Crippen molar-refractivity contribution >= 4 is 22.8 Å². The van der Waals surface area contributed by atoms with Crippen LogP contribution in [0.4, 0.5) is 5.13 Å². The Morgan fingerprint density at radius 2 is 2.08 bits per heavy atom. The maximum Gasteiger partial charge on any atom is 0.182 e. The number of carbonyl (C=O) groups is 1. The Bertz CT molecular complexity index is 662. The molecular weight excluding hydrogens is 350 g/mol. The number of nitrogens with zero attached hydrogens (tertiary/aromatic N) is 4. The first-order chi connectivity index (χ1) is 12.7. The second-order valence-corrected chi connectivity index (χ2v) is 7.22. The van der Waals surface area contributed by atoms with Gasteiger partial charge in [-0.25, -0.2) is 15.0 Å². The van der Waals surface area contributed by atoms with E-state index in [1.807, 2.05) is 13.2 Å². The third kappa shape index (κ3) is 6.34. The molecule has 0 amide bonds. The molecule has 0 saturated carbocycles. The molecule has 1 aliphatic rings. The van der Waals surface area contributed by atoms with Crippen molar-refractivity contribution in [1.29, 1.82) is 0 Å². The van der Waals surface area contributed by atoms with E-state index in [0.29, 0.717) is 11.7 Å². The highest BCUT2D eigenvalue weighted by atomic mass is 32.1. The van der Waals surface area contributed by atoms with Gasteiger partial charge in [0.15, 0.2) is 10.9 Å². The molecule has 1 aliphatic heterocycles. The lowest BCUT2D eigenvalue weighted by molar-refractivity contribution is -0.106. The van der Waals surface area contributed by atoms with Crippen LogP contribution in [0.15, 0.2) is 18.6 Å². The summed E-state index contributed by atoms with van der Waals surface area (Å²) in [6, 6.07) is 0. The highest BCUT2D eigenvalue weighted by Crippen LogP contribution is 2.24. The van der Waals surface area contributed by atoms with Gasteiger partial charge in [-0.1, -0.05) is 0 Å². The number of likely N-dealkylation sites (tertiary alicyclic amines) is 1. The highest BCUT2D eigenvalue weighted by Gasteiger charge is 2.21. The third-order valence-electron chi connectivity index (χ3n) is 4.14. The fourth-order valence-electron chi connectivity index (χ4n) is 2.99. The van der Waals surface area contributed by atoms with Gasteiger partial charge in [-0.2, -0.15) is 0 Å². The number of piperidine rings is 1. The van der Waals surface area contributed by atoms with Crippen molar-refractivity contribution in [3.05, 3.63) is 29.3 Å². The summed E-state index contributed by atoms with van der Waals surface area (Å²) in [7, 11) is 3.55. The van der Waals surface area contributed by atoms with E-state index in [9.17, 15) is 0 Å². The summed E-state index contributed by atoms with van der Waals surface area (Å²) in [6.07, 6.45) is 9.64. The quantitative estimate of drug-likeness (QED) is 0.775. The molecule has 142 valence electrons. The van der Waals surface area contributed by atoms with E-state index in [1.54, 1.807) is 30.8 Å². The van der Waals surface area contributed by atoms with Crippen LogP contribution in [0.3, 0.4) is 0 Å². The van der Waals surface area contributed by atoms with Gasteiger partial charge >= 0.3 is 0 Å². The SMILES string of the molecule is CC=O.CNc1ncc(CN2CCCC(Cc3ncc(OC)cn3)C2)s1.